The van der Waals surface area contributed by atoms with E-state index in [0.717, 1.165) is 33.8 Å². The van der Waals surface area contributed by atoms with Crippen molar-refractivity contribution < 1.29 is 9.47 Å². The summed E-state index contributed by atoms with van der Waals surface area (Å²) in [5.41, 5.74) is 4.49. The van der Waals surface area contributed by atoms with Crippen LogP contribution in [0, 0.1) is 22.7 Å². The summed E-state index contributed by atoms with van der Waals surface area (Å²) in [6.45, 7) is 0. The molecule has 0 saturated heterocycles. The van der Waals surface area contributed by atoms with E-state index in [1.807, 2.05) is 84.9 Å². The molecule has 0 aliphatic heterocycles. The van der Waals surface area contributed by atoms with E-state index in [-0.39, 0.29) is 0 Å². The first kappa shape index (κ1) is 20.5. The van der Waals surface area contributed by atoms with Gasteiger partial charge in [-0.3, -0.25) is 0 Å². The first-order valence-corrected chi connectivity index (χ1v) is 9.29. The molecule has 0 aliphatic rings. The van der Waals surface area contributed by atoms with Crippen LogP contribution in [0.2, 0.25) is 0 Å². The van der Waals surface area contributed by atoms with Crippen molar-refractivity contribution in [2.24, 2.45) is 0 Å². The summed E-state index contributed by atoms with van der Waals surface area (Å²) < 4.78 is 10.3. The summed E-state index contributed by atoms with van der Waals surface area (Å²) >= 11 is 0. The van der Waals surface area contributed by atoms with Gasteiger partial charge in [0, 0.05) is 0 Å². The molecule has 0 aromatic heterocycles. The molecule has 0 saturated carbocycles. The van der Waals surface area contributed by atoms with Gasteiger partial charge in [0.1, 0.15) is 11.5 Å². The highest BCUT2D eigenvalue weighted by atomic mass is 16.5. The maximum atomic E-state index is 9.59. The Hall–Kier alpha value is -4.28. The van der Waals surface area contributed by atoms with Gasteiger partial charge in [-0.05, 0) is 58.7 Å². The molecule has 0 fully saturated rings. The number of rotatable bonds is 6. The molecule has 0 heterocycles. The highest BCUT2D eigenvalue weighted by molar-refractivity contribution is 5.92. The highest BCUT2D eigenvalue weighted by Gasteiger charge is 2.05. The third kappa shape index (κ3) is 4.95. The topological polar surface area (TPSA) is 66.0 Å². The number of allylic oxidation sites excluding steroid dienone is 2. The van der Waals surface area contributed by atoms with Gasteiger partial charge in [0.05, 0.1) is 37.5 Å². The molecule has 3 rings (SSSR count). The van der Waals surface area contributed by atoms with Crippen LogP contribution in [0.3, 0.4) is 0 Å². The number of hydrogen-bond acceptors (Lipinski definition) is 4. The third-order valence-corrected chi connectivity index (χ3v) is 4.60. The van der Waals surface area contributed by atoms with Crippen LogP contribution in [0.4, 0.5) is 0 Å². The third-order valence-electron chi connectivity index (χ3n) is 4.60. The lowest BCUT2D eigenvalue weighted by molar-refractivity contribution is 0.414. The Morgan fingerprint density at radius 2 is 0.933 bits per heavy atom. The van der Waals surface area contributed by atoms with Crippen LogP contribution >= 0.6 is 0 Å². The van der Waals surface area contributed by atoms with E-state index in [1.165, 1.54) is 0 Å². The predicted molar refractivity (Wildman–Crippen MR) is 119 cm³/mol. The Kier molecular flexibility index (Phi) is 6.66. The molecule has 0 spiro atoms. The molecule has 4 nitrogen and oxygen atoms in total. The van der Waals surface area contributed by atoms with Crippen LogP contribution in [0.25, 0.3) is 23.3 Å². The van der Waals surface area contributed by atoms with Crippen LogP contribution < -0.4 is 9.47 Å². The van der Waals surface area contributed by atoms with Crippen molar-refractivity contribution in [1.29, 1.82) is 10.5 Å². The molecule has 0 bridgehead atoms. The van der Waals surface area contributed by atoms with E-state index in [2.05, 4.69) is 12.1 Å². The number of nitriles is 2. The van der Waals surface area contributed by atoms with E-state index in [9.17, 15) is 10.5 Å². The van der Waals surface area contributed by atoms with Gasteiger partial charge in [0.15, 0.2) is 0 Å². The Morgan fingerprint density at radius 3 is 1.20 bits per heavy atom. The maximum Gasteiger partial charge on any atom is 0.118 e. The van der Waals surface area contributed by atoms with E-state index in [0.29, 0.717) is 11.1 Å². The van der Waals surface area contributed by atoms with Gasteiger partial charge in [-0.1, -0.05) is 48.5 Å². The van der Waals surface area contributed by atoms with Gasteiger partial charge in [-0.15, -0.1) is 0 Å². The van der Waals surface area contributed by atoms with Crippen LogP contribution in [0.15, 0.2) is 72.8 Å². The van der Waals surface area contributed by atoms with Gasteiger partial charge in [-0.25, -0.2) is 0 Å². The lowest BCUT2D eigenvalue weighted by Gasteiger charge is -2.05. The van der Waals surface area contributed by atoms with Crippen LogP contribution in [0.1, 0.15) is 22.3 Å². The fourth-order valence-electron chi connectivity index (χ4n) is 2.92. The SMILES string of the molecule is COc1ccc(C=C(C#N)c2ccc(C(C#N)=Cc3ccc(OC)cc3)cc2)cc1. The summed E-state index contributed by atoms with van der Waals surface area (Å²) in [7, 11) is 3.23. The molecule has 30 heavy (non-hydrogen) atoms. The number of benzene rings is 3. The predicted octanol–water partition coefficient (Wildman–Crippen LogP) is 5.83. The Bertz CT molecular complexity index is 1050. The second-order valence-corrected chi connectivity index (χ2v) is 6.46. The Morgan fingerprint density at radius 1 is 0.600 bits per heavy atom. The summed E-state index contributed by atoms with van der Waals surface area (Å²) in [5.74, 6) is 1.53. The molecular formula is C26H20N2O2. The molecule has 0 N–H and O–H groups in total. The van der Waals surface area contributed by atoms with Crippen molar-refractivity contribution in [3.05, 3.63) is 95.1 Å². The minimum Gasteiger partial charge on any atom is -0.497 e. The zero-order valence-electron chi connectivity index (χ0n) is 16.8. The normalized spacial score (nSPS) is 11.3. The van der Waals surface area contributed by atoms with Crippen molar-refractivity contribution in [3.8, 4) is 23.6 Å². The van der Waals surface area contributed by atoms with E-state index < -0.39 is 0 Å². The van der Waals surface area contributed by atoms with Crippen molar-refractivity contribution in [2.45, 2.75) is 0 Å². The molecule has 0 atom stereocenters. The van der Waals surface area contributed by atoms with Crippen molar-refractivity contribution in [3.63, 3.8) is 0 Å². The average Bonchev–Trinajstić information content (AvgIpc) is 2.82. The van der Waals surface area contributed by atoms with Gasteiger partial charge >= 0.3 is 0 Å². The average molecular weight is 392 g/mol. The van der Waals surface area contributed by atoms with E-state index in [1.54, 1.807) is 14.2 Å². The van der Waals surface area contributed by atoms with Crippen molar-refractivity contribution >= 4 is 23.3 Å². The summed E-state index contributed by atoms with van der Waals surface area (Å²) in [5, 5.41) is 19.2. The monoisotopic (exact) mass is 392 g/mol. The standard InChI is InChI=1S/C26H20N2O2/c1-29-25-11-3-19(4-12-25)15-23(17-27)21-7-9-22(10-8-21)24(18-28)16-20-5-13-26(30-2)14-6-20/h3-16H,1-2H3. The van der Waals surface area contributed by atoms with E-state index >= 15 is 0 Å². The second-order valence-electron chi connectivity index (χ2n) is 6.46. The largest absolute Gasteiger partial charge is 0.497 e. The fraction of sp³-hybridized carbons (Fsp3) is 0.0769. The zero-order chi connectivity index (χ0) is 21.3. The van der Waals surface area contributed by atoms with Gasteiger partial charge in [0.25, 0.3) is 0 Å². The number of ether oxygens (including phenoxy) is 2. The highest BCUT2D eigenvalue weighted by Crippen LogP contribution is 2.24. The number of hydrogen-bond donors (Lipinski definition) is 0. The number of nitrogens with zero attached hydrogens (tertiary/aromatic N) is 2. The van der Waals surface area contributed by atoms with Gasteiger partial charge < -0.3 is 9.47 Å². The van der Waals surface area contributed by atoms with Gasteiger partial charge in [0.2, 0.25) is 0 Å². The smallest absolute Gasteiger partial charge is 0.118 e. The molecule has 4 heteroatoms. The van der Waals surface area contributed by atoms with Crippen LogP contribution in [0.5, 0.6) is 11.5 Å². The quantitative estimate of drug-likeness (QED) is 0.391. The second kappa shape index (κ2) is 9.78. The molecular weight excluding hydrogens is 372 g/mol. The molecule has 0 amide bonds. The Labute approximate surface area is 176 Å². The number of methoxy groups -OCH3 is 2. The lowest BCUT2D eigenvalue weighted by Crippen LogP contribution is -1.87. The van der Waals surface area contributed by atoms with Crippen molar-refractivity contribution in [2.75, 3.05) is 14.2 Å². The minimum absolute atomic E-state index is 0.546. The van der Waals surface area contributed by atoms with Crippen LogP contribution in [-0.2, 0) is 0 Å². The zero-order valence-corrected chi connectivity index (χ0v) is 16.8. The molecule has 3 aromatic rings. The minimum atomic E-state index is 0.546. The molecule has 0 radical (unpaired) electrons. The molecule has 0 unspecified atom stereocenters. The fourth-order valence-corrected chi connectivity index (χ4v) is 2.92. The first-order chi connectivity index (χ1) is 14.7. The van der Waals surface area contributed by atoms with Gasteiger partial charge in [-0.2, -0.15) is 10.5 Å². The van der Waals surface area contributed by atoms with Crippen LogP contribution in [-0.4, -0.2) is 14.2 Å². The molecule has 3 aromatic carbocycles. The molecule has 146 valence electrons. The molecule has 0 aliphatic carbocycles. The Balaban J connectivity index is 1.85. The summed E-state index contributed by atoms with van der Waals surface area (Å²) in [4.78, 5) is 0. The van der Waals surface area contributed by atoms with Crippen molar-refractivity contribution in [1.82, 2.24) is 0 Å². The lowest BCUT2D eigenvalue weighted by atomic mass is 9.99. The van der Waals surface area contributed by atoms with E-state index in [4.69, 9.17) is 9.47 Å². The first-order valence-electron chi connectivity index (χ1n) is 9.29. The summed E-state index contributed by atoms with van der Waals surface area (Å²) in [6.07, 6.45) is 3.65. The summed E-state index contributed by atoms with van der Waals surface area (Å²) in [6, 6.07) is 26.9. The maximum absolute atomic E-state index is 9.59.